The fraction of sp³-hybridized carbons (Fsp3) is 0.600. The summed E-state index contributed by atoms with van der Waals surface area (Å²) >= 11 is 0. The molecule has 0 aliphatic carbocycles. The van der Waals surface area contributed by atoms with E-state index in [1.807, 2.05) is 19.1 Å². The first-order chi connectivity index (χ1) is 9.90. The van der Waals surface area contributed by atoms with Gasteiger partial charge in [-0.15, -0.1) is 0 Å². The molecule has 1 aromatic carbocycles. The maximum Gasteiger partial charge on any atom is 0.211 e. The van der Waals surface area contributed by atoms with Crippen LogP contribution in [0.25, 0.3) is 0 Å². The quantitative estimate of drug-likeness (QED) is 0.904. The van der Waals surface area contributed by atoms with Crippen LogP contribution in [0.1, 0.15) is 18.4 Å². The summed E-state index contributed by atoms with van der Waals surface area (Å²) in [6.45, 7) is 4.03. The average Bonchev–Trinajstić information content (AvgIpc) is 2.45. The van der Waals surface area contributed by atoms with E-state index in [-0.39, 0.29) is 0 Å². The van der Waals surface area contributed by atoms with E-state index in [9.17, 15) is 8.42 Å². The van der Waals surface area contributed by atoms with E-state index in [0.717, 1.165) is 30.8 Å². The third-order valence-electron chi connectivity index (χ3n) is 3.89. The Balaban J connectivity index is 1.98. The van der Waals surface area contributed by atoms with Gasteiger partial charge in [0.15, 0.2) is 0 Å². The number of hydrogen-bond donors (Lipinski definition) is 1. The fourth-order valence-corrected chi connectivity index (χ4v) is 3.65. The second-order valence-corrected chi connectivity index (χ2v) is 7.70. The molecule has 5 nitrogen and oxygen atoms in total. The predicted molar refractivity (Wildman–Crippen MR) is 85.4 cm³/mol. The van der Waals surface area contributed by atoms with E-state index in [0.29, 0.717) is 19.0 Å². The monoisotopic (exact) mass is 312 g/mol. The van der Waals surface area contributed by atoms with Gasteiger partial charge in [0.25, 0.3) is 0 Å². The zero-order valence-electron chi connectivity index (χ0n) is 12.9. The molecule has 1 heterocycles. The van der Waals surface area contributed by atoms with Crippen LogP contribution in [0.5, 0.6) is 5.75 Å². The molecule has 0 saturated carbocycles. The van der Waals surface area contributed by atoms with Crippen LogP contribution in [0, 0.1) is 12.8 Å². The molecule has 1 N–H and O–H groups in total. The Morgan fingerprint density at radius 1 is 1.43 bits per heavy atom. The Labute approximate surface area is 127 Å². The Bertz CT molecular complexity index is 587. The number of anilines is 1. The van der Waals surface area contributed by atoms with Crippen molar-refractivity contribution >= 4 is 15.7 Å². The molecule has 0 aromatic heterocycles. The summed E-state index contributed by atoms with van der Waals surface area (Å²) in [4.78, 5) is 0. The van der Waals surface area contributed by atoms with Gasteiger partial charge in [-0.3, -0.25) is 0 Å². The van der Waals surface area contributed by atoms with Gasteiger partial charge in [0.05, 0.1) is 19.1 Å². The Hall–Kier alpha value is -1.27. The Morgan fingerprint density at radius 3 is 2.86 bits per heavy atom. The summed E-state index contributed by atoms with van der Waals surface area (Å²) in [5.41, 5.74) is 2.13. The Morgan fingerprint density at radius 2 is 2.19 bits per heavy atom. The molecule has 0 radical (unpaired) electrons. The normalized spacial score (nSPS) is 20.2. The Kier molecular flexibility index (Phi) is 5.11. The van der Waals surface area contributed by atoms with Crippen molar-refractivity contribution in [3.8, 4) is 5.75 Å². The van der Waals surface area contributed by atoms with E-state index in [2.05, 4.69) is 11.4 Å². The van der Waals surface area contributed by atoms with Gasteiger partial charge in [-0.2, -0.15) is 0 Å². The van der Waals surface area contributed by atoms with Crippen LogP contribution < -0.4 is 10.1 Å². The summed E-state index contributed by atoms with van der Waals surface area (Å²) in [7, 11) is -1.43. The van der Waals surface area contributed by atoms with Gasteiger partial charge in [0, 0.05) is 19.6 Å². The van der Waals surface area contributed by atoms with Crippen molar-refractivity contribution in [3.63, 3.8) is 0 Å². The summed E-state index contributed by atoms with van der Waals surface area (Å²) in [6, 6.07) is 6.01. The van der Waals surface area contributed by atoms with E-state index in [1.54, 1.807) is 11.4 Å². The molecule has 0 bridgehead atoms. The molecule has 2 rings (SSSR count). The molecule has 1 aliphatic rings. The second kappa shape index (κ2) is 6.66. The van der Waals surface area contributed by atoms with E-state index >= 15 is 0 Å². The molecule has 1 fully saturated rings. The lowest BCUT2D eigenvalue weighted by molar-refractivity contribution is 0.276. The van der Waals surface area contributed by atoms with Crippen molar-refractivity contribution in [1.29, 1.82) is 0 Å². The molecule has 1 aliphatic heterocycles. The highest BCUT2D eigenvalue weighted by Crippen LogP contribution is 2.26. The minimum Gasteiger partial charge on any atom is -0.495 e. The van der Waals surface area contributed by atoms with E-state index in [4.69, 9.17) is 4.74 Å². The summed E-state index contributed by atoms with van der Waals surface area (Å²) < 4.78 is 30.2. The minimum atomic E-state index is -3.08. The van der Waals surface area contributed by atoms with Gasteiger partial charge in [-0.05, 0) is 43.4 Å². The standard InChI is InChI=1S/C15H24N2O3S/c1-12-6-7-15(20-2)14(9-12)16-10-13-5-4-8-17(11-13)21(3,18)19/h6-7,9,13,16H,4-5,8,10-11H2,1-3H3. The molecule has 0 spiro atoms. The number of nitrogens with one attached hydrogen (secondary N) is 1. The number of aryl methyl sites for hydroxylation is 1. The van der Waals surface area contributed by atoms with Gasteiger partial charge in [0.2, 0.25) is 10.0 Å². The zero-order valence-corrected chi connectivity index (χ0v) is 13.7. The van der Waals surface area contributed by atoms with Crippen LogP contribution in [-0.2, 0) is 10.0 Å². The number of benzene rings is 1. The molecule has 118 valence electrons. The minimum absolute atomic E-state index is 0.332. The largest absolute Gasteiger partial charge is 0.495 e. The number of rotatable bonds is 5. The lowest BCUT2D eigenvalue weighted by atomic mass is 9.99. The van der Waals surface area contributed by atoms with Crippen molar-refractivity contribution in [3.05, 3.63) is 23.8 Å². The molecule has 0 amide bonds. The maximum atomic E-state index is 11.6. The molecule has 1 atom stereocenters. The smallest absolute Gasteiger partial charge is 0.211 e. The highest BCUT2D eigenvalue weighted by molar-refractivity contribution is 7.88. The van der Waals surface area contributed by atoms with Crippen LogP contribution in [0.15, 0.2) is 18.2 Å². The highest BCUT2D eigenvalue weighted by Gasteiger charge is 2.25. The third kappa shape index (κ3) is 4.35. The number of hydrogen-bond acceptors (Lipinski definition) is 4. The number of sulfonamides is 1. The topological polar surface area (TPSA) is 58.6 Å². The lowest BCUT2D eigenvalue weighted by Gasteiger charge is -2.31. The highest BCUT2D eigenvalue weighted by atomic mass is 32.2. The van der Waals surface area contributed by atoms with Crippen molar-refractivity contribution in [1.82, 2.24) is 4.31 Å². The SMILES string of the molecule is COc1ccc(C)cc1NCC1CCCN(S(C)(=O)=O)C1. The molecular weight excluding hydrogens is 288 g/mol. The molecule has 1 aromatic rings. The first-order valence-corrected chi connectivity index (χ1v) is 9.08. The molecular formula is C15H24N2O3S. The van der Waals surface area contributed by atoms with Crippen LogP contribution in [-0.4, -0.2) is 45.7 Å². The third-order valence-corrected chi connectivity index (χ3v) is 5.16. The van der Waals surface area contributed by atoms with Gasteiger partial charge >= 0.3 is 0 Å². The van der Waals surface area contributed by atoms with Crippen LogP contribution in [0.4, 0.5) is 5.69 Å². The maximum absolute atomic E-state index is 11.6. The zero-order chi connectivity index (χ0) is 15.5. The second-order valence-electron chi connectivity index (χ2n) is 5.71. The number of methoxy groups -OCH3 is 1. The van der Waals surface area contributed by atoms with Crippen LogP contribution in [0.2, 0.25) is 0 Å². The van der Waals surface area contributed by atoms with E-state index in [1.165, 1.54) is 11.8 Å². The van der Waals surface area contributed by atoms with E-state index < -0.39 is 10.0 Å². The molecule has 1 unspecified atom stereocenters. The molecule has 1 saturated heterocycles. The summed E-state index contributed by atoms with van der Waals surface area (Å²) in [5, 5.41) is 3.40. The molecule has 21 heavy (non-hydrogen) atoms. The van der Waals surface area contributed by atoms with Crippen molar-refractivity contribution < 1.29 is 13.2 Å². The van der Waals surface area contributed by atoms with Crippen molar-refractivity contribution in [2.75, 3.05) is 38.3 Å². The van der Waals surface area contributed by atoms with Gasteiger partial charge < -0.3 is 10.1 Å². The van der Waals surface area contributed by atoms with Gasteiger partial charge in [0.1, 0.15) is 5.75 Å². The molecule has 6 heteroatoms. The van der Waals surface area contributed by atoms with Gasteiger partial charge in [-0.1, -0.05) is 6.07 Å². The van der Waals surface area contributed by atoms with Crippen LogP contribution in [0.3, 0.4) is 0 Å². The number of nitrogens with zero attached hydrogens (tertiary/aromatic N) is 1. The van der Waals surface area contributed by atoms with Crippen molar-refractivity contribution in [2.24, 2.45) is 5.92 Å². The predicted octanol–water partition coefficient (Wildman–Crippen LogP) is 2.09. The average molecular weight is 312 g/mol. The van der Waals surface area contributed by atoms with Crippen LogP contribution >= 0.6 is 0 Å². The first-order valence-electron chi connectivity index (χ1n) is 7.24. The number of ether oxygens (including phenoxy) is 1. The summed E-state index contributed by atoms with van der Waals surface area (Å²) in [5.74, 6) is 1.15. The summed E-state index contributed by atoms with van der Waals surface area (Å²) in [6.07, 6.45) is 3.25. The van der Waals surface area contributed by atoms with Gasteiger partial charge in [-0.25, -0.2) is 12.7 Å². The number of piperidine rings is 1. The first kappa shape index (κ1) is 16.1. The lowest BCUT2D eigenvalue weighted by Crippen LogP contribution is -2.41. The fourth-order valence-electron chi connectivity index (χ4n) is 2.71. The van der Waals surface area contributed by atoms with Crippen molar-refractivity contribution in [2.45, 2.75) is 19.8 Å².